The van der Waals surface area contributed by atoms with Crippen LogP contribution in [0.25, 0.3) is 34.8 Å². The first-order valence-corrected chi connectivity index (χ1v) is 15.6. The summed E-state index contributed by atoms with van der Waals surface area (Å²) in [5.74, 6) is 2.86. The Morgan fingerprint density at radius 1 is 0.714 bits per heavy atom. The Bertz CT molecular complexity index is 1400. The average molecular weight is 519 g/mol. The molecule has 0 N–H and O–H groups in total. The summed E-state index contributed by atoms with van der Waals surface area (Å²) >= 11 is 6.05. The Labute approximate surface area is 223 Å². The van der Waals surface area contributed by atoms with Gasteiger partial charge in [0.15, 0.2) is 0 Å². The fraction of sp³-hybridized carbons (Fsp3) is 0.438. The topological polar surface area (TPSA) is 0 Å². The molecular weight excluding hydrogens is 481 g/mol. The molecule has 0 bridgehead atoms. The summed E-state index contributed by atoms with van der Waals surface area (Å²) in [6, 6.07) is 11.9. The number of hydrogen-bond acceptors (Lipinski definition) is 3. The van der Waals surface area contributed by atoms with Crippen molar-refractivity contribution in [2.45, 2.75) is 73.6 Å². The molecule has 1 aliphatic rings. The maximum absolute atomic E-state index is 2.50. The Hall–Kier alpha value is -1.68. The van der Waals surface area contributed by atoms with Crippen LogP contribution >= 0.6 is 34.0 Å². The molecule has 1 aromatic carbocycles. The average Bonchev–Trinajstić information content (AvgIpc) is 3.48. The standard InChI is InChI=1S/C32H38S3/c1-17(2)21-11-9-12-22(18(3)4)29(21)25-15-27-31(34-25)32-28(33-27)16-26(35-32)30-23(19(5)6)13-10-14-24(30)20(7)8/h9-13,15-20,24H,14H2,1-8H3. The second-order valence-corrected chi connectivity index (χ2v) is 14.5. The highest BCUT2D eigenvalue weighted by atomic mass is 32.1. The van der Waals surface area contributed by atoms with E-state index in [1.807, 2.05) is 34.0 Å². The van der Waals surface area contributed by atoms with Crippen molar-refractivity contribution in [1.29, 1.82) is 0 Å². The zero-order chi connectivity index (χ0) is 25.0. The lowest BCUT2D eigenvalue weighted by molar-refractivity contribution is 0.477. The summed E-state index contributed by atoms with van der Waals surface area (Å²) in [7, 11) is 0. The van der Waals surface area contributed by atoms with Gasteiger partial charge in [-0.3, -0.25) is 0 Å². The summed E-state index contributed by atoms with van der Waals surface area (Å²) in [5, 5.41) is 0. The smallest absolute Gasteiger partial charge is 0.0636 e. The van der Waals surface area contributed by atoms with Crippen LogP contribution in [0.15, 0.2) is 48.1 Å². The first kappa shape index (κ1) is 25.0. The van der Waals surface area contributed by atoms with Crippen LogP contribution in [-0.2, 0) is 0 Å². The molecule has 0 saturated heterocycles. The highest BCUT2D eigenvalue weighted by Gasteiger charge is 2.28. The molecule has 3 heteroatoms. The number of fused-ring (bicyclic) bond motifs is 3. The summed E-state index contributed by atoms with van der Waals surface area (Å²) < 4.78 is 5.90. The van der Waals surface area contributed by atoms with Gasteiger partial charge in [0, 0.05) is 19.2 Å². The van der Waals surface area contributed by atoms with E-state index in [4.69, 9.17) is 0 Å². The molecule has 0 radical (unpaired) electrons. The van der Waals surface area contributed by atoms with Gasteiger partial charge in [-0.2, -0.15) is 0 Å². The molecule has 3 aromatic heterocycles. The Morgan fingerprint density at radius 2 is 1.29 bits per heavy atom. The largest absolute Gasteiger partial charge is 0.133 e. The molecule has 0 saturated carbocycles. The van der Waals surface area contributed by atoms with Crippen molar-refractivity contribution in [3.05, 3.63) is 64.1 Å². The molecule has 0 nitrogen and oxygen atoms in total. The van der Waals surface area contributed by atoms with Gasteiger partial charge in [-0.05, 0) is 76.0 Å². The molecule has 1 unspecified atom stereocenters. The first-order chi connectivity index (χ1) is 16.7. The Kier molecular flexibility index (Phi) is 6.89. The normalized spacial score (nSPS) is 17.0. The van der Waals surface area contributed by atoms with Gasteiger partial charge >= 0.3 is 0 Å². The van der Waals surface area contributed by atoms with Gasteiger partial charge in [0.05, 0.1) is 9.40 Å². The minimum absolute atomic E-state index is 0.519. The number of benzene rings is 1. The van der Waals surface area contributed by atoms with E-state index in [2.05, 4.69) is 97.9 Å². The molecule has 0 amide bonds. The van der Waals surface area contributed by atoms with Crippen LogP contribution in [0, 0.1) is 17.8 Å². The van der Waals surface area contributed by atoms with Gasteiger partial charge < -0.3 is 0 Å². The lowest BCUT2D eigenvalue weighted by Gasteiger charge is -2.29. The van der Waals surface area contributed by atoms with E-state index in [0.717, 1.165) is 6.42 Å². The molecule has 5 rings (SSSR count). The number of thiophene rings is 3. The van der Waals surface area contributed by atoms with Crippen molar-refractivity contribution < 1.29 is 0 Å². The predicted octanol–water partition coefficient (Wildman–Crippen LogP) is 11.7. The van der Waals surface area contributed by atoms with Crippen LogP contribution in [-0.4, -0.2) is 0 Å². The maximum atomic E-state index is 2.50. The van der Waals surface area contributed by atoms with Crippen molar-refractivity contribution in [3.63, 3.8) is 0 Å². The van der Waals surface area contributed by atoms with E-state index in [9.17, 15) is 0 Å². The lowest BCUT2D eigenvalue weighted by Crippen LogP contribution is -2.15. The number of hydrogen-bond donors (Lipinski definition) is 0. The molecule has 3 heterocycles. The Balaban J connectivity index is 1.68. The van der Waals surface area contributed by atoms with Gasteiger partial charge in [0.25, 0.3) is 0 Å². The first-order valence-electron chi connectivity index (χ1n) is 13.2. The third kappa shape index (κ3) is 4.38. The zero-order valence-corrected chi connectivity index (χ0v) is 24.8. The highest BCUT2D eigenvalue weighted by Crippen LogP contribution is 2.51. The van der Waals surface area contributed by atoms with E-state index in [1.54, 1.807) is 11.1 Å². The van der Waals surface area contributed by atoms with Crippen LogP contribution in [0.1, 0.15) is 89.7 Å². The van der Waals surface area contributed by atoms with E-state index in [0.29, 0.717) is 29.6 Å². The Morgan fingerprint density at radius 3 is 1.83 bits per heavy atom. The highest BCUT2D eigenvalue weighted by molar-refractivity contribution is 7.39. The number of rotatable bonds is 6. The second kappa shape index (κ2) is 9.65. The van der Waals surface area contributed by atoms with Crippen molar-refractivity contribution in [2.24, 2.45) is 17.8 Å². The van der Waals surface area contributed by atoms with Gasteiger partial charge in [-0.1, -0.05) is 85.7 Å². The fourth-order valence-corrected chi connectivity index (χ4v) is 9.87. The van der Waals surface area contributed by atoms with Crippen LogP contribution in [0.5, 0.6) is 0 Å². The third-order valence-electron chi connectivity index (χ3n) is 7.50. The van der Waals surface area contributed by atoms with Crippen molar-refractivity contribution >= 4 is 58.4 Å². The van der Waals surface area contributed by atoms with E-state index < -0.39 is 0 Å². The molecular formula is C32H38S3. The monoisotopic (exact) mass is 518 g/mol. The van der Waals surface area contributed by atoms with Crippen molar-refractivity contribution in [1.82, 2.24) is 0 Å². The molecule has 184 valence electrons. The van der Waals surface area contributed by atoms with E-state index >= 15 is 0 Å². The predicted molar refractivity (Wildman–Crippen MR) is 163 cm³/mol. The van der Waals surface area contributed by atoms with Gasteiger partial charge in [0.2, 0.25) is 0 Å². The van der Waals surface area contributed by atoms with Crippen molar-refractivity contribution in [2.75, 3.05) is 0 Å². The van der Waals surface area contributed by atoms with Gasteiger partial charge in [-0.15, -0.1) is 34.0 Å². The second-order valence-electron chi connectivity index (χ2n) is 11.3. The summed E-state index contributed by atoms with van der Waals surface area (Å²) in [6.07, 6.45) is 5.97. The SMILES string of the molecule is CC(C)C1=C(c2cc3sc4cc(-c5c(C(C)C)cccc5C(C)C)sc4c3s2)C(C(C)C)CC=C1. The third-order valence-corrected chi connectivity index (χ3v) is 11.3. The summed E-state index contributed by atoms with van der Waals surface area (Å²) in [4.78, 5) is 2.94. The minimum Gasteiger partial charge on any atom is -0.133 e. The molecule has 1 atom stereocenters. The van der Waals surface area contributed by atoms with Gasteiger partial charge in [0.1, 0.15) is 0 Å². The number of allylic oxidation sites excluding steroid dienone is 4. The van der Waals surface area contributed by atoms with Crippen LogP contribution in [0.4, 0.5) is 0 Å². The van der Waals surface area contributed by atoms with Crippen LogP contribution < -0.4 is 0 Å². The minimum atomic E-state index is 0.519. The molecule has 4 aromatic rings. The van der Waals surface area contributed by atoms with Crippen molar-refractivity contribution in [3.8, 4) is 10.4 Å². The lowest BCUT2D eigenvalue weighted by atomic mass is 9.77. The molecule has 35 heavy (non-hydrogen) atoms. The molecule has 0 aliphatic heterocycles. The van der Waals surface area contributed by atoms with Gasteiger partial charge in [-0.25, -0.2) is 0 Å². The quantitative estimate of drug-likeness (QED) is 0.238. The summed E-state index contributed by atoms with van der Waals surface area (Å²) in [6.45, 7) is 18.8. The maximum Gasteiger partial charge on any atom is 0.0636 e. The molecule has 0 spiro atoms. The zero-order valence-electron chi connectivity index (χ0n) is 22.4. The molecule has 0 fully saturated rings. The van der Waals surface area contributed by atoms with Crippen LogP contribution in [0.3, 0.4) is 0 Å². The van der Waals surface area contributed by atoms with E-state index in [-0.39, 0.29) is 0 Å². The van der Waals surface area contributed by atoms with Crippen LogP contribution in [0.2, 0.25) is 0 Å². The van der Waals surface area contributed by atoms with E-state index in [1.165, 1.54) is 45.2 Å². The fourth-order valence-electron chi connectivity index (χ4n) is 5.62. The summed E-state index contributed by atoms with van der Waals surface area (Å²) in [5.41, 5.74) is 7.60. The molecule has 1 aliphatic carbocycles.